The van der Waals surface area contributed by atoms with Crippen molar-refractivity contribution < 1.29 is 13.2 Å². The van der Waals surface area contributed by atoms with Crippen molar-refractivity contribution in [3.05, 3.63) is 36.4 Å². The van der Waals surface area contributed by atoms with Crippen LogP contribution < -0.4 is 9.46 Å². The van der Waals surface area contributed by atoms with Gasteiger partial charge in [0, 0.05) is 31.4 Å². The topological polar surface area (TPSA) is 84.4 Å². The normalized spacial score (nSPS) is 11.5. The van der Waals surface area contributed by atoms with Gasteiger partial charge in [0.25, 0.3) is 0 Å². The fourth-order valence-electron chi connectivity index (χ4n) is 1.65. The molecule has 0 bridgehead atoms. The molecule has 0 amide bonds. The molecule has 7 nitrogen and oxygen atoms in total. The van der Waals surface area contributed by atoms with Gasteiger partial charge in [-0.3, -0.25) is 4.72 Å². The molecule has 0 saturated carbocycles. The van der Waals surface area contributed by atoms with Gasteiger partial charge in [0.2, 0.25) is 5.88 Å². The van der Waals surface area contributed by atoms with Crippen molar-refractivity contribution in [2.45, 2.75) is 6.92 Å². The number of hydrogen-bond donors (Lipinski definition) is 1. The van der Waals surface area contributed by atoms with E-state index >= 15 is 0 Å². The summed E-state index contributed by atoms with van der Waals surface area (Å²) in [5, 5.41) is 8.04. The lowest BCUT2D eigenvalue weighted by Gasteiger charge is -2.13. The zero-order valence-electron chi connectivity index (χ0n) is 12.6. The van der Waals surface area contributed by atoms with Crippen LogP contribution in [0.5, 0.6) is 5.88 Å². The van der Waals surface area contributed by atoms with Gasteiger partial charge < -0.3 is 4.74 Å². The summed E-state index contributed by atoms with van der Waals surface area (Å²) in [7, 11) is -0.573. The number of aromatic nitrogens is 2. The van der Waals surface area contributed by atoms with E-state index in [1.807, 2.05) is 6.92 Å². The third kappa shape index (κ3) is 3.92. The Balaban J connectivity index is 2.15. The number of nitrogens with one attached hydrogen (secondary N) is 1. The van der Waals surface area contributed by atoms with Gasteiger partial charge in [0.15, 0.2) is 0 Å². The van der Waals surface area contributed by atoms with Crippen molar-refractivity contribution in [2.24, 2.45) is 0 Å². The van der Waals surface area contributed by atoms with Crippen molar-refractivity contribution in [1.29, 1.82) is 0 Å². The molecule has 0 spiro atoms. The third-order valence-corrected chi connectivity index (χ3v) is 4.30. The summed E-state index contributed by atoms with van der Waals surface area (Å²) in [4.78, 5) is 0. The molecule has 1 aromatic heterocycles. The highest BCUT2D eigenvalue weighted by Crippen LogP contribution is 2.21. The first-order chi connectivity index (χ1) is 10.4. The Bertz CT molecular complexity index is 713. The predicted octanol–water partition coefficient (Wildman–Crippen LogP) is 1.76. The Morgan fingerprint density at radius 1 is 1.09 bits per heavy atom. The molecule has 0 aliphatic rings. The molecule has 22 heavy (non-hydrogen) atoms. The summed E-state index contributed by atoms with van der Waals surface area (Å²) in [6.07, 6.45) is 0. The molecule has 0 atom stereocenters. The molecule has 1 heterocycles. The van der Waals surface area contributed by atoms with Gasteiger partial charge in [-0.2, -0.15) is 12.7 Å². The van der Waals surface area contributed by atoms with Gasteiger partial charge in [0.05, 0.1) is 12.3 Å². The lowest BCUT2D eigenvalue weighted by atomic mass is 10.1. The third-order valence-electron chi connectivity index (χ3n) is 2.84. The standard InChI is InChI=1S/C14H18N4O3S/c1-4-21-14-10-9-13(15-16-14)11-5-7-12(8-6-11)17-22(19,20)18(2)3/h5-10,17H,4H2,1-3H3. The second-order valence-electron chi connectivity index (χ2n) is 4.66. The number of anilines is 1. The average molecular weight is 322 g/mol. The van der Waals surface area contributed by atoms with E-state index in [0.717, 1.165) is 9.87 Å². The first kappa shape index (κ1) is 16.2. The highest BCUT2D eigenvalue weighted by molar-refractivity contribution is 7.90. The monoisotopic (exact) mass is 322 g/mol. The van der Waals surface area contributed by atoms with E-state index in [-0.39, 0.29) is 0 Å². The van der Waals surface area contributed by atoms with Crippen LogP contribution in [0.3, 0.4) is 0 Å². The Labute approximate surface area is 130 Å². The lowest BCUT2D eigenvalue weighted by Crippen LogP contribution is -2.28. The summed E-state index contributed by atoms with van der Waals surface area (Å²) < 4.78 is 32.3. The molecular weight excluding hydrogens is 304 g/mol. The van der Waals surface area contributed by atoms with Crippen molar-refractivity contribution in [3.63, 3.8) is 0 Å². The second kappa shape index (κ2) is 6.71. The van der Waals surface area contributed by atoms with Crippen molar-refractivity contribution in [2.75, 3.05) is 25.4 Å². The summed E-state index contributed by atoms with van der Waals surface area (Å²) in [6, 6.07) is 10.4. The number of nitrogens with zero attached hydrogens (tertiary/aromatic N) is 3. The van der Waals surface area contributed by atoms with Crippen LogP contribution in [0.25, 0.3) is 11.3 Å². The first-order valence-electron chi connectivity index (χ1n) is 6.69. The van der Waals surface area contributed by atoms with Crippen LogP contribution in [0, 0.1) is 0 Å². The van der Waals surface area contributed by atoms with E-state index in [9.17, 15) is 8.42 Å². The SMILES string of the molecule is CCOc1ccc(-c2ccc(NS(=O)(=O)N(C)C)cc2)nn1. The highest BCUT2D eigenvalue weighted by Gasteiger charge is 2.12. The van der Waals surface area contributed by atoms with Gasteiger partial charge in [-0.25, -0.2) is 0 Å². The summed E-state index contributed by atoms with van der Waals surface area (Å²) in [6.45, 7) is 2.41. The van der Waals surface area contributed by atoms with Gasteiger partial charge in [-0.05, 0) is 25.1 Å². The molecule has 8 heteroatoms. The Hall–Kier alpha value is -2.19. The smallest absolute Gasteiger partial charge is 0.301 e. The van der Waals surface area contributed by atoms with Crippen LogP contribution in [-0.4, -0.2) is 43.6 Å². The minimum atomic E-state index is -3.50. The van der Waals surface area contributed by atoms with Crippen LogP contribution in [-0.2, 0) is 10.2 Å². The molecule has 0 fully saturated rings. The Morgan fingerprint density at radius 3 is 2.27 bits per heavy atom. The number of hydrogen-bond acceptors (Lipinski definition) is 5. The zero-order chi connectivity index (χ0) is 16.2. The molecule has 0 aliphatic carbocycles. The van der Waals surface area contributed by atoms with Gasteiger partial charge in [-0.1, -0.05) is 12.1 Å². The summed E-state index contributed by atoms with van der Waals surface area (Å²) >= 11 is 0. The first-order valence-corrected chi connectivity index (χ1v) is 8.13. The van der Waals surface area contributed by atoms with Gasteiger partial charge in [0.1, 0.15) is 0 Å². The summed E-state index contributed by atoms with van der Waals surface area (Å²) in [5.41, 5.74) is 2.00. The van der Waals surface area contributed by atoms with Crippen molar-refractivity contribution in [1.82, 2.24) is 14.5 Å². The predicted molar refractivity (Wildman–Crippen MR) is 84.9 cm³/mol. The maximum Gasteiger partial charge on any atom is 0.301 e. The quantitative estimate of drug-likeness (QED) is 0.876. The van der Waals surface area contributed by atoms with Gasteiger partial charge in [-0.15, -0.1) is 10.2 Å². The van der Waals surface area contributed by atoms with Crippen LogP contribution in [0.2, 0.25) is 0 Å². The molecular formula is C14H18N4O3S. The maximum atomic E-state index is 11.7. The average Bonchev–Trinajstić information content (AvgIpc) is 2.49. The van der Waals surface area contributed by atoms with Crippen LogP contribution in [0.1, 0.15) is 6.92 Å². The Kier molecular flexibility index (Phi) is 4.94. The summed E-state index contributed by atoms with van der Waals surface area (Å²) in [5.74, 6) is 0.474. The highest BCUT2D eigenvalue weighted by atomic mass is 32.2. The molecule has 2 aromatic rings. The van der Waals surface area contributed by atoms with E-state index in [1.165, 1.54) is 14.1 Å². The number of rotatable bonds is 6. The van der Waals surface area contributed by atoms with Crippen LogP contribution >= 0.6 is 0 Å². The molecule has 0 radical (unpaired) electrons. The minimum Gasteiger partial charge on any atom is -0.477 e. The molecule has 1 aromatic carbocycles. The molecule has 0 saturated heterocycles. The van der Waals surface area contributed by atoms with Crippen LogP contribution in [0.15, 0.2) is 36.4 Å². The number of ether oxygens (including phenoxy) is 1. The van der Waals surface area contributed by atoms with E-state index in [4.69, 9.17) is 4.74 Å². The van der Waals surface area contributed by atoms with Crippen molar-refractivity contribution >= 4 is 15.9 Å². The van der Waals surface area contributed by atoms with E-state index < -0.39 is 10.2 Å². The molecule has 0 unspecified atom stereocenters. The number of benzene rings is 1. The maximum absolute atomic E-state index is 11.7. The van der Waals surface area contributed by atoms with E-state index in [0.29, 0.717) is 23.9 Å². The molecule has 118 valence electrons. The van der Waals surface area contributed by atoms with E-state index in [2.05, 4.69) is 14.9 Å². The molecule has 0 aliphatic heterocycles. The lowest BCUT2D eigenvalue weighted by molar-refractivity contribution is 0.323. The minimum absolute atomic E-state index is 0.474. The molecule has 2 rings (SSSR count). The molecule has 1 N–H and O–H groups in total. The van der Waals surface area contributed by atoms with Crippen LogP contribution in [0.4, 0.5) is 5.69 Å². The largest absolute Gasteiger partial charge is 0.477 e. The van der Waals surface area contributed by atoms with E-state index in [1.54, 1.807) is 36.4 Å². The van der Waals surface area contributed by atoms with Crippen molar-refractivity contribution in [3.8, 4) is 17.1 Å². The second-order valence-corrected chi connectivity index (χ2v) is 6.54. The van der Waals surface area contributed by atoms with Gasteiger partial charge >= 0.3 is 10.2 Å². The fourth-order valence-corrected chi connectivity index (χ4v) is 2.26. The Morgan fingerprint density at radius 2 is 1.77 bits per heavy atom. The fraction of sp³-hybridized carbons (Fsp3) is 0.286. The zero-order valence-corrected chi connectivity index (χ0v) is 13.5.